The molecule has 1 N–H and O–H groups in total. The summed E-state index contributed by atoms with van der Waals surface area (Å²) in [6, 6.07) is 9.25. The van der Waals surface area contributed by atoms with Gasteiger partial charge in [-0.25, -0.2) is 8.42 Å². The van der Waals surface area contributed by atoms with Crippen LogP contribution in [0.25, 0.3) is 0 Å². The summed E-state index contributed by atoms with van der Waals surface area (Å²) >= 11 is 0. The number of aryl methyl sites for hydroxylation is 1. The fourth-order valence-electron chi connectivity index (χ4n) is 4.47. The average Bonchev–Trinajstić information content (AvgIpc) is 3.33. The van der Waals surface area contributed by atoms with E-state index in [1.807, 2.05) is 30.3 Å². The molecule has 0 spiro atoms. The van der Waals surface area contributed by atoms with E-state index in [4.69, 9.17) is 4.52 Å². The summed E-state index contributed by atoms with van der Waals surface area (Å²) in [4.78, 5) is 14.6. The second kappa shape index (κ2) is 6.98. The van der Waals surface area contributed by atoms with E-state index in [9.17, 15) is 18.3 Å². The van der Waals surface area contributed by atoms with Gasteiger partial charge in [0.1, 0.15) is 5.76 Å². The number of hydrogen-bond donors (Lipinski definition) is 1. The lowest BCUT2D eigenvalue weighted by atomic mass is 9.90. The summed E-state index contributed by atoms with van der Waals surface area (Å²) < 4.78 is 31.4. The van der Waals surface area contributed by atoms with Gasteiger partial charge < -0.3 is 14.5 Å². The molecule has 2 aliphatic rings. The number of nitrogens with zero attached hydrogens (tertiary/aromatic N) is 3. The predicted octanol–water partition coefficient (Wildman–Crippen LogP) is 1.18. The van der Waals surface area contributed by atoms with E-state index < -0.39 is 10.0 Å². The second-order valence-electron chi connectivity index (χ2n) is 7.55. The number of aliphatic hydroxyl groups is 1. The van der Waals surface area contributed by atoms with Gasteiger partial charge in [-0.3, -0.25) is 4.79 Å². The molecule has 9 heteroatoms. The van der Waals surface area contributed by atoms with Gasteiger partial charge in [0.15, 0.2) is 5.69 Å². The SMILES string of the molecule is Cc1onc(C(=O)N2C[C@@H]3CN(S(C)(=O)=O)[C@@H](c4ccccc4)[C@@H]3C2)c1CO. The van der Waals surface area contributed by atoms with Gasteiger partial charge in [0.25, 0.3) is 5.91 Å². The molecule has 0 radical (unpaired) electrons. The first kappa shape index (κ1) is 19.1. The highest BCUT2D eigenvalue weighted by Crippen LogP contribution is 2.46. The third-order valence-electron chi connectivity index (χ3n) is 5.82. The Balaban J connectivity index is 1.62. The average molecular weight is 405 g/mol. The Morgan fingerprint density at radius 1 is 1.25 bits per heavy atom. The minimum Gasteiger partial charge on any atom is -0.391 e. The maximum Gasteiger partial charge on any atom is 0.276 e. The van der Waals surface area contributed by atoms with Crippen molar-refractivity contribution in [1.29, 1.82) is 0 Å². The van der Waals surface area contributed by atoms with E-state index in [2.05, 4.69) is 5.16 Å². The lowest BCUT2D eigenvalue weighted by molar-refractivity contribution is 0.0760. The molecule has 0 bridgehead atoms. The summed E-state index contributed by atoms with van der Waals surface area (Å²) in [6.07, 6.45) is 1.23. The maximum atomic E-state index is 13.0. The van der Waals surface area contributed by atoms with Gasteiger partial charge in [0.2, 0.25) is 10.0 Å². The zero-order valence-corrected chi connectivity index (χ0v) is 16.6. The first-order chi connectivity index (χ1) is 13.3. The predicted molar refractivity (Wildman–Crippen MR) is 101 cm³/mol. The number of rotatable bonds is 4. The summed E-state index contributed by atoms with van der Waals surface area (Å²) in [5.74, 6) is 0.199. The summed E-state index contributed by atoms with van der Waals surface area (Å²) in [6.45, 7) is 2.62. The van der Waals surface area contributed by atoms with E-state index in [1.54, 1.807) is 16.1 Å². The fourth-order valence-corrected chi connectivity index (χ4v) is 5.62. The van der Waals surface area contributed by atoms with Crippen molar-refractivity contribution >= 4 is 15.9 Å². The van der Waals surface area contributed by atoms with Crippen LogP contribution >= 0.6 is 0 Å². The van der Waals surface area contributed by atoms with Crippen LogP contribution in [0.5, 0.6) is 0 Å². The number of fused-ring (bicyclic) bond motifs is 1. The van der Waals surface area contributed by atoms with Crippen LogP contribution in [0.15, 0.2) is 34.9 Å². The van der Waals surface area contributed by atoms with Gasteiger partial charge in [0, 0.05) is 25.6 Å². The first-order valence-electron chi connectivity index (χ1n) is 9.18. The standard InChI is InChI=1S/C19H23N3O5S/c1-12-16(11-23)17(20-27-12)19(24)21-8-14-9-22(28(2,25)26)18(15(14)10-21)13-6-4-3-5-7-13/h3-7,14-15,18,23H,8-11H2,1-2H3/t14-,15-,18+/m1/s1. The van der Waals surface area contributed by atoms with Crippen LogP contribution in [0.4, 0.5) is 0 Å². The van der Waals surface area contributed by atoms with Gasteiger partial charge in [0.05, 0.1) is 24.5 Å². The molecule has 3 heterocycles. The van der Waals surface area contributed by atoms with Crippen molar-refractivity contribution < 1.29 is 22.8 Å². The molecule has 4 rings (SSSR count). The van der Waals surface area contributed by atoms with Crippen LogP contribution in [-0.2, 0) is 16.6 Å². The van der Waals surface area contributed by atoms with E-state index in [0.717, 1.165) is 5.56 Å². The molecule has 2 fully saturated rings. The van der Waals surface area contributed by atoms with Gasteiger partial charge in [-0.2, -0.15) is 4.31 Å². The molecule has 0 saturated carbocycles. The quantitative estimate of drug-likeness (QED) is 0.819. The number of amides is 1. The van der Waals surface area contributed by atoms with Crippen molar-refractivity contribution in [3.63, 3.8) is 0 Å². The van der Waals surface area contributed by atoms with Gasteiger partial charge in [-0.15, -0.1) is 0 Å². The maximum absolute atomic E-state index is 13.0. The Morgan fingerprint density at radius 2 is 1.96 bits per heavy atom. The molecule has 150 valence electrons. The van der Waals surface area contributed by atoms with Crippen LogP contribution in [-0.4, -0.2) is 59.7 Å². The molecule has 2 saturated heterocycles. The summed E-state index contributed by atoms with van der Waals surface area (Å²) in [5.41, 5.74) is 1.47. The van der Waals surface area contributed by atoms with Crippen LogP contribution in [0.1, 0.15) is 33.4 Å². The van der Waals surface area contributed by atoms with Crippen LogP contribution in [0, 0.1) is 18.8 Å². The number of benzene rings is 1. The van der Waals surface area contributed by atoms with Crippen molar-refractivity contribution in [2.45, 2.75) is 19.6 Å². The molecule has 2 aliphatic heterocycles. The van der Waals surface area contributed by atoms with Gasteiger partial charge in [-0.1, -0.05) is 35.5 Å². The first-order valence-corrected chi connectivity index (χ1v) is 11.0. The molecule has 0 unspecified atom stereocenters. The van der Waals surface area contributed by atoms with E-state index in [0.29, 0.717) is 31.0 Å². The number of aliphatic hydroxyl groups excluding tert-OH is 1. The summed E-state index contributed by atoms with van der Waals surface area (Å²) in [5, 5.41) is 13.3. The molecular weight excluding hydrogens is 382 g/mol. The number of aromatic nitrogens is 1. The fraction of sp³-hybridized carbons (Fsp3) is 0.474. The van der Waals surface area contributed by atoms with E-state index >= 15 is 0 Å². The van der Waals surface area contributed by atoms with Gasteiger partial charge >= 0.3 is 0 Å². The van der Waals surface area contributed by atoms with Crippen molar-refractivity contribution in [2.75, 3.05) is 25.9 Å². The van der Waals surface area contributed by atoms with Crippen molar-refractivity contribution in [1.82, 2.24) is 14.4 Å². The Hall–Kier alpha value is -2.23. The smallest absolute Gasteiger partial charge is 0.276 e. The minimum absolute atomic E-state index is 0.00616. The number of hydrogen-bond acceptors (Lipinski definition) is 6. The number of likely N-dealkylation sites (tertiary alicyclic amines) is 1. The number of carbonyl (C=O) groups excluding carboxylic acids is 1. The monoisotopic (exact) mass is 405 g/mol. The lowest BCUT2D eigenvalue weighted by Gasteiger charge is -2.28. The topological polar surface area (TPSA) is 104 Å². The summed E-state index contributed by atoms with van der Waals surface area (Å²) in [7, 11) is -3.37. The highest BCUT2D eigenvalue weighted by Gasteiger charge is 2.51. The highest BCUT2D eigenvalue weighted by molar-refractivity contribution is 7.88. The minimum atomic E-state index is -3.37. The van der Waals surface area contributed by atoms with Crippen LogP contribution in [0.2, 0.25) is 0 Å². The molecule has 8 nitrogen and oxygen atoms in total. The van der Waals surface area contributed by atoms with Crippen molar-refractivity contribution in [3.05, 3.63) is 52.9 Å². The molecule has 0 aliphatic carbocycles. The van der Waals surface area contributed by atoms with Crippen molar-refractivity contribution in [2.24, 2.45) is 11.8 Å². The third-order valence-corrected chi connectivity index (χ3v) is 7.05. The second-order valence-corrected chi connectivity index (χ2v) is 9.48. The zero-order chi connectivity index (χ0) is 20.1. The molecule has 1 amide bonds. The van der Waals surface area contributed by atoms with Gasteiger partial charge in [-0.05, 0) is 18.4 Å². The number of carbonyl (C=O) groups is 1. The highest BCUT2D eigenvalue weighted by atomic mass is 32.2. The normalized spacial score (nSPS) is 25.2. The molecule has 1 aromatic carbocycles. The Morgan fingerprint density at radius 3 is 2.61 bits per heavy atom. The molecular formula is C19H23N3O5S. The lowest BCUT2D eigenvalue weighted by Crippen LogP contribution is -2.37. The molecule has 2 aromatic rings. The largest absolute Gasteiger partial charge is 0.391 e. The Labute approximate surface area is 163 Å². The zero-order valence-electron chi connectivity index (χ0n) is 15.8. The number of sulfonamides is 1. The Bertz CT molecular complexity index is 988. The molecule has 3 atom stereocenters. The van der Waals surface area contributed by atoms with Crippen LogP contribution in [0.3, 0.4) is 0 Å². The Kier molecular flexibility index (Phi) is 4.76. The molecule has 1 aromatic heterocycles. The van der Waals surface area contributed by atoms with E-state index in [-0.39, 0.29) is 36.1 Å². The van der Waals surface area contributed by atoms with E-state index in [1.165, 1.54) is 6.26 Å². The third kappa shape index (κ3) is 3.13. The van der Waals surface area contributed by atoms with Crippen molar-refractivity contribution in [3.8, 4) is 0 Å². The molecule has 28 heavy (non-hydrogen) atoms. The van der Waals surface area contributed by atoms with Crippen LogP contribution < -0.4 is 0 Å².